The molecule has 2 aromatic rings. The van der Waals surface area contributed by atoms with Crippen molar-refractivity contribution in [2.45, 2.75) is 51.0 Å². The van der Waals surface area contributed by atoms with E-state index in [1.54, 1.807) is 24.3 Å². The van der Waals surface area contributed by atoms with E-state index in [0.717, 1.165) is 5.04 Å². The fraction of sp³-hybridized carbons (Fsp3) is 0.440. The van der Waals surface area contributed by atoms with Gasteiger partial charge in [-0.1, -0.05) is 20.8 Å². The van der Waals surface area contributed by atoms with Crippen molar-refractivity contribution in [2.24, 2.45) is 4.99 Å². The van der Waals surface area contributed by atoms with Gasteiger partial charge in [0, 0.05) is 5.75 Å². The van der Waals surface area contributed by atoms with Crippen LogP contribution in [0.5, 0.6) is 17.2 Å². The standard InChI is InChI=1S/C25H32FNO5SSi/c1-25(2,3)34(5,6)32-22(23-27-21(16-33-23)24(28)29-4)15-30-18-11-13-20(14-12-18)31-19-9-7-17(26)8-10-19/h7-14,21-22H,15-16H2,1-6H3. The first-order valence-electron chi connectivity index (χ1n) is 11.1. The van der Waals surface area contributed by atoms with E-state index >= 15 is 0 Å². The lowest BCUT2D eigenvalue weighted by Gasteiger charge is -2.39. The number of halogens is 1. The van der Waals surface area contributed by atoms with E-state index in [4.69, 9.17) is 18.6 Å². The molecule has 34 heavy (non-hydrogen) atoms. The Bertz CT molecular complexity index is 1010. The van der Waals surface area contributed by atoms with Crippen molar-refractivity contribution in [2.75, 3.05) is 19.5 Å². The van der Waals surface area contributed by atoms with Gasteiger partial charge >= 0.3 is 5.97 Å². The average Bonchev–Trinajstić information content (AvgIpc) is 3.28. The molecule has 6 nitrogen and oxygen atoms in total. The summed E-state index contributed by atoms with van der Waals surface area (Å²) in [6.45, 7) is 11.2. The van der Waals surface area contributed by atoms with E-state index in [9.17, 15) is 9.18 Å². The number of thioether (sulfide) groups is 1. The van der Waals surface area contributed by atoms with Crippen LogP contribution < -0.4 is 9.47 Å². The van der Waals surface area contributed by atoms with E-state index in [-0.39, 0.29) is 29.5 Å². The summed E-state index contributed by atoms with van der Waals surface area (Å²) in [6, 6.07) is 12.5. The smallest absolute Gasteiger partial charge is 0.331 e. The van der Waals surface area contributed by atoms with Gasteiger partial charge in [-0.3, -0.25) is 4.99 Å². The van der Waals surface area contributed by atoms with Gasteiger partial charge in [0.25, 0.3) is 0 Å². The average molecular weight is 506 g/mol. The van der Waals surface area contributed by atoms with Crippen LogP contribution in [0.2, 0.25) is 18.1 Å². The lowest BCUT2D eigenvalue weighted by atomic mass is 10.2. The predicted octanol–water partition coefficient (Wildman–Crippen LogP) is 6.07. The molecule has 0 radical (unpaired) electrons. The molecule has 2 aromatic carbocycles. The molecule has 0 aromatic heterocycles. The lowest BCUT2D eigenvalue weighted by molar-refractivity contribution is -0.141. The number of carbonyl (C=O) groups is 1. The minimum atomic E-state index is -2.12. The number of esters is 1. The number of nitrogens with zero attached hydrogens (tertiary/aromatic N) is 1. The van der Waals surface area contributed by atoms with Crippen LogP contribution in [0.1, 0.15) is 20.8 Å². The zero-order valence-electron chi connectivity index (χ0n) is 20.5. The molecule has 2 atom stereocenters. The summed E-state index contributed by atoms with van der Waals surface area (Å²) < 4.78 is 36.4. The lowest BCUT2D eigenvalue weighted by Crippen LogP contribution is -2.47. The number of hydrogen-bond acceptors (Lipinski definition) is 7. The van der Waals surface area contributed by atoms with Crippen molar-refractivity contribution >= 4 is 31.1 Å². The Kier molecular flexibility index (Phi) is 8.43. The third-order valence-electron chi connectivity index (χ3n) is 5.94. The third-order valence-corrected chi connectivity index (χ3v) is 11.6. The fourth-order valence-electron chi connectivity index (χ4n) is 2.93. The van der Waals surface area contributed by atoms with Gasteiger partial charge in [0.2, 0.25) is 0 Å². The maximum Gasteiger partial charge on any atom is 0.331 e. The topological polar surface area (TPSA) is 66.4 Å². The molecule has 0 amide bonds. The molecule has 0 aliphatic carbocycles. The highest BCUT2D eigenvalue weighted by molar-refractivity contribution is 8.14. The molecule has 184 valence electrons. The highest BCUT2D eigenvalue weighted by atomic mass is 32.2. The number of carbonyl (C=O) groups excluding carboxylic acids is 1. The van der Waals surface area contributed by atoms with Gasteiger partial charge in [-0.2, -0.15) is 0 Å². The Hall–Kier alpha value is -2.36. The van der Waals surface area contributed by atoms with Gasteiger partial charge in [0.1, 0.15) is 35.8 Å². The molecule has 0 spiro atoms. The van der Waals surface area contributed by atoms with Gasteiger partial charge in [-0.25, -0.2) is 9.18 Å². The number of benzene rings is 2. The van der Waals surface area contributed by atoms with Crippen LogP contribution in [0.3, 0.4) is 0 Å². The van der Waals surface area contributed by atoms with Crippen LogP contribution in [0.4, 0.5) is 4.39 Å². The minimum Gasteiger partial charge on any atom is -0.490 e. The molecule has 1 heterocycles. The van der Waals surface area contributed by atoms with Crippen LogP contribution >= 0.6 is 11.8 Å². The van der Waals surface area contributed by atoms with Crippen LogP contribution in [-0.2, 0) is 14.0 Å². The van der Waals surface area contributed by atoms with Crippen LogP contribution in [0.25, 0.3) is 0 Å². The molecule has 0 N–H and O–H groups in total. The van der Waals surface area contributed by atoms with Crippen molar-refractivity contribution in [3.63, 3.8) is 0 Å². The highest BCUT2D eigenvalue weighted by Gasteiger charge is 2.41. The van der Waals surface area contributed by atoms with Gasteiger partial charge in [-0.05, 0) is 66.7 Å². The molecule has 3 rings (SSSR count). The summed E-state index contributed by atoms with van der Waals surface area (Å²) in [5.74, 6) is 1.71. The summed E-state index contributed by atoms with van der Waals surface area (Å²) in [5.41, 5.74) is 0. The number of rotatable bonds is 9. The summed E-state index contributed by atoms with van der Waals surface area (Å²) in [6.07, 6.45) is -0.379. The van der Waals surface area contributed by atoms with Gasteiger partial charge in [0.05, 0.1) is 12.2 Å². The number of methoxy groups -OCH3 is 1. The van der Waals surface area contributed by atoms with Crippen molar-refractivity contribution in [3.8, 4) is 17.2 Å². The van der Waals surface area contributed by atoms with E-state index in [0.29, 0.717) is 23.0 Å². The molecule has 0 saturated carbocycles. The van der Waals surface area contributed by atoms with Crippen LogP contribution in [-0.4, -0.2) is 50.9 Å². The monoisotopic (exact) mass is 505 g/mol. The van der Waals surface area contributed by atoms with Crippen molar-refractivity contribution in [3.05, 3.63) is 54.3 Å². The first kappa shape index (κ1) is 26.2. The Morgan fingerprint density at radius 3 is 2.21 bits per heavy atom. The quantitative estimate of drug-likeness (QED) is 0.304. The summed E-state index contributed by atoms with van der Waals surface area (Å²) in [5, 5.41) is 0.771. The molecule has 0 bridgehead atoms. The minimum absolute atomic E-state index is 0.0101. The Balaban J connectivity index is 1.69. The highest BCUT2D eigenvalue weighted by Crippen LogP contribution is 2.38. The molecule has 9 heteroatoms. The van der Waals surface area contributed by atoms with Gasteiger partial charge in [0.15, 0.2) is 14.4 Å². The predicted molar refractivity (Wildman–Crippen MR) is 136 cm³/mol. The van der Waals surface area contributed by atoms with Crippen molar-refractivity contribution < 1.29 is 27.8 Å². The summed E-state index contributed by atoms with van der Waals surface area (Å²) in [4.78, 5) is 16.5. The van der Waals surface area contributed by atoms with E-state index in [2.05, 4.69) is 38.9 Å². The largest absolute Gasteiger partial charge is 0.490 e. The maximum atomic E-state index is 13.1. The maximum absolute atomic E-state index is 13.1. The second kappa shape index (κ2) is 10.9. The summed E-state index contributed by atoms with van der Waals surface area (Å²) >= 11 is 1.51. The van der Waals surface area contributed by atoms with Crippen molar-refractivity contribution in [1.82, 2.24) is 0 Å². The normalized spacial score (nSPS) is 17.1. The van der Waals surface area contributed by atoms with Gasteiger partial charge in [-0.15, -0.1) is 11.8 Å². The third kappa shape index (κ3) is 6.83. The van der Waals surface area contributed by atoms with E-state index in [1.807, 2.05) is 12.1 Å². The number of ether oxygens (including phenoxy) is 3. The zero-order valence-corrected chi connectivity index (χ0v) is 22.3. The van der Waals surface area contributed by atoms with E-state index < -0.39 is 14.4 Å². The van der Waals surface area contributed by atoms with Crippen LogP contribution in [0, 0.1) is 5.82 Å². The van der Waals surface area contributed by atoms with Gasteiger partial charge < -0.3 is 18.6 Å². The first-order valence-corrected chi connectivity index (χ1v) is 15.0. The Morgan fingerprint density at radius 2 is 1.65 bits per heavy atom. The molecular formula is C25H32FNO5SSi. The SMILES string of the molecule is COC(=O)C1CSC(C(COc2ccc(Oc3ccc(F)cc3)cc2)O[Si](C)(C)C(C)(C)C)=N1. The Labute approximate surface area is 206 Å². The molecule has 1 aliphatic rings. The van der Waals surface area contributed by atoms with E-state index in [1.165, 1.54) is 31.0 Å². The first-order chi connectivity index (χ1) is 16.0. The molecular weight excluding hydrogens is 473 g/mol. The van der Waals surface area contributed by atoms with Crippen molar-refractivity contribution in [1.29, 1.82) is 0 Å². The second-order valence-electron chi connectivity index (χ2n) is 9.52. The fourth-order valence-corrected chi connectivity index (χ4v) is 5.30. The molecule has 0 saturated heterocycles. The molecule has 1 aliphatic heterocycles. The second-order valence-corrected chi connectivity index (χ2v) is 15.3. The number of hydrogen-bond donors (Lipinski definition) is 0. The molecule has 0 fully saturated rings. The molecule has 2 unspecified atom stereocenters. The number of aliphatic imine (C=N–C) groups is 1. The zero-order chi connectivity index (χ0) is 24.9. The Morgan fingerprint density at radius 1 is 1.09 bits per heavy atom. The summed E-state index contributed by atoms with van der Waals surface area (Å²) in [7, 11) is -0.753. The van der Waals surface area contributed by atoms with Crippen LogP contribution in [0.15, 0.2) is 53.5 Å².